The molecule has 7 heteroatoms. The van der Waals surface area contributed by atoms with Gasteiger partial charge < -0.3 is 14.7 Å². The molecule has 1 unspecified atom stereocenters. The number of piperidine rings is 1. The highest BCUT2D eigenvalue weighted by atomic mass is 79.9. The Kier molecular flexibility index (Phi) is 5.18. The van der Waals surface area contributed by atoms with E-state index in [0.717, 1.165) is 0 Å². The molecule has 120 valence electrons. The molecule has 1 aromatic rings. The standard InChI is InChI=1S/C15H17BrFNO4/c1-22-9-15(14(20)21)5-2-6-18(8-15)13(19)11-7-10(16)3-4-12(11)17/h3-4,7H,2,5-6,8-9H2,1H3,(H,20,21). The van der Waals surface area contributed by atoms with Crippen molar-refractivity contribution in [1.29, 1.82) is 0 Å². The third kappa shape index (κ3) is 3.30. The molecule has 5 nitrogen and oxygen atoms in total. The molecule has 22 heavy (non-hydrogen) atoms. The first-order valence-electron chi connectivity index (χ1n) is 6.86. The molecule has 1 aliphatic rings. The lowest BCUT2D eigenvalue weighted by atomic mass is 9.80. The van der Waals surface area contributed by atoms with Crippen molar-refractivity contribution in [3.05, 3.63) is 34.1 Å². The van der Waals surface area contributed by atoms with Gasteiger partial charge in [-0.3, -0.25) is 9.59 Å². The number of methoxy groups -OCH3 is 1. The van der Waals surface area contributed by atoms with E-state index in [-0.39, 0.29) is 18.7 Å². The number of rotatable bonds is 4. The van der Waals surface area contributed by atoms with Crippen LogP contribution in [0.5, 0.6) is 0 Å². The van der Waals surface area contributed by atoms with Crippen LogP contribution in [0.2, 0.25) is 0 Å². The first kappa shape index (κ1) is 16.9. The van der Waals surface area contributed by atoms with Crippen LogP contribution in [0.4, 0.5) is 4.39 Å². The topological polar surface area (TPSA) is 66.8 Å². The Morgan fingerprint density at radius 1 is 1.50 bits per heavy atom. The van der Waals surface area contributed by atoms with Crippen LogP contribution in [0.3, 0.4) is 0 Å². The average Bonchev–Trinajstić information content (AvgIpc) is 2.49. The Morgan fingerprint density at radius 3 is 2.86 bits per heavy atom. The second kappa shape index (κ2) is 6.75. The van der Waals surface area contributed by atoms with Gasteiger partial charge in [0.1, 0.15) is 11.2 Å². The molecule has 1 aromatic carbocycles. The maximum absolute atomic E-state index is 13.9. The summed E-state index contributed by atoms with van der Waals surface area (Å²) in [6.45, 7) is 0.442. The average molecular weight is 374 g/mol. The van der Waals surface area contributed by atoms with Gasteiger partial charge in [0.05, 0.1) is 12.2 Å². The zero-order valence-electron chi connectivity index (χ0n) is 12.1. The molecule has 0 bridgehead atoms. The molecule has 1 atom stereocenters. The van der Waals surface area contributed by atoms with E-state index in [0.29, 0.717) is 23.9 Å². The highest BCUT2D eigenvalue weighted by Crippen LogP contribution is 2.32. The minimum absolute atomic E-state index is 0.0148. The number of carboxylic acid groups (broad SMARTS) is 1. The van der Waals surface area contributed by atoms with Gasteiger partial charge in [-0.05, 0) is 31.0 Å². The van der Waals surface area contributed by atoms with E-state index in [9.17, 15) is 19.1 Å². The summed E-state index contributed by atoms with van der Waals surface area (Å²) in [6.07, 6.45) is 0.970. The number of amides is 1. The maximum Gasteiger partial charge on any atom is 0.313 e. The van der Waals surface area contributed by atoms with Gasteiger partial charge in [0.15, 0.2) is 0 Å². The van der Waals surface area contributed by atoms with Crippen molar-refractivity contribution < 1.29 is 23.8 Å². The number of hydrogen-bond acceptors (Lipinski definition) is 3. The molecule has 0 aliphatic carbocycles. The van der Waals surface area contributed by atoms with Crippen LogP contribution in [-0.2, 0) is 9.53 Å². The molecule has 1 aliphatic heterocycles. The highest BCUT2D eigenvalue weighted by molar-refractivity contribution is 9.10. The Bertz CT molecular complexity index is 591. The van der Waals surface area contributed by atoms with Crippen molar-refractivity contribution in [2.45, 2.75) is 12.8 Å². The van der Waals surface area contributed by atoms with Gasteiger partial charge in [-0.25, -0.2) is 4.39 Å². The minimum atomic E-state index is -1.13. The fourth-order valence-corrected chi connectivity index (χ4v) is 3.13. The first-order chi connectivity index (χ1) is 10.4. The van der Waals surface area contributed by atoms with Crippen molar-refractivity contribution in [1.82, 2.24) is 4.90 Å². The number of hydrogen-bond donors (Lipinski definition) is 1. The molecular formula is C15H17BrFNO4. The van der Waals surface area contributed by atoms with E-state index >= 15 is 0 Å². The van der Waals surface area contributed by atoms with Gasteiger partial charge in [0.2, 0.25) is 0 Å². The lowest BCUT2D eigenvalue weighted by Crippen LogP contribution is -2.52. The third-order valence-electron chi connectivity index (χ3n) is 3.90. The van der Waals surface area contributed by atoms with Gasteiger partial charge >= 0.3 is 5.97 Å². The number of likely N-dealkylation sites (tertiary alicyclic amines) is 1. The first-order valence-corrected chi connectivity index (χ1v) is 7.65. The summed E-state index contributed by atoms with van der Waals surface area (Å²) >= 11 is 3.21. The number of carboxylic acids is 1. The summed E-state index contributed by atoms with van der Waals surface area (Å²) < 4.78 is 19.5. The van der Waals surface area contributed by atoms with Gasteiger partial charge in [-0.2, -0.15) is 0 Å². The van der Waals surface area contributed by atoms with Crippen molar-refractivity contribution in [3.63, 3.8) is 0 Å². The third-order valence-corrected chi connectivity index (χ3v) is 4.39. The normalized spacial score (nSPS) is 21.7. The summed E-state index contributed by atoms with van der Waals surface area (Å²) in [5.41, 5.74) is -1.20. The van der Waals surface area contributed by atoms with Crippen LogP contribution in [0, 0.1) is 11.2 Å². The predicted octanol–water partition coefficient (Wildman–Crippen LogP) is 2.54. The van der Waals surface area contributed by atoms with E-state index in [4.69, 9.17) is 4.74 Å². The molecule has 1 N–H and O–H groups in total. The van der Waals surface area contributed by atoms with Crippen LogP contribution in [-0.4, -0.2) is 48.7 Å². The Labute approximate surface area is 136 Å². The van der Waals surface area contributed by atoms with E-state index in [1.54, 1.807) is 0 Å². The summed E-state index contributed by atoms with van der Waals surface area (Å²) in [4.78, 5) is 25.5. The van der Waals surface area contributed by atoms with Crippen molar-refractivity contribution >= 4 is 27.8 Å². The van der Waals surface area contributed by atoms with E-state index in [1.807, 2.05) is 0 Å². The second-order valence-electron chi connectivity index (χ2n) is 5.47. The monoisotopic (exact) mass is 373 g/mol. The lowest BCUT2D eigenvalue weighted by molar-refractivity contribution is -0.155. The van der Waals surface area contributed by atoms with Crippen LogP contribution in [0.15, 0.2) is 22.7 Å². The largest absolute Gasteiger partial charge is 0.481 e. The summed E-state index contributed by atoms with van der Waals surface area (Å²) in [5.74, 6) is -2.12. The number of benzene rings is 1. The van der Waals surface area contributed by atoms with Gasteiger partial charge in [-0.1, -0.05) is 15.9 Å². The molecule has 1 amide bonds. The number of carbonyl (C=O) groups is 2. The number of carbonyl (C=O) groups excluding carboxylic acids is 1. The van der Waals surface area contributed by atoms with Gasteiger partial charge in [-0.15, -0.1) is 0 Å². The lowest BCUT2D eigenvalue weighted by Gasteiger charge is -2.39. The van der Waals surface area contributed by atoms with Gasteiger partial charge in [0, 0.05) is 24.7 Å². The fourth-order valence-electron chi connectivity index (χ4n) is 2.77. The van der Waals surface area contributed by atoms with E-state index < -0.39 is 23.1 Å². The number of ether oxygens (including phenoxy) is 1. The summed E-state index contributed by atoms with van der Waals surface area (Å²) in [7, 11) is 1.43. The van der Waals surface area contributed by atoms with Crippen molar-refractivity contribution in [3.8, 4) is 0 Å². The molecular weight excluding hydrogens is 357 g/mol. The second-order valence-corrected chi connectivity index (χ2v) is 6.39. The molecule has 0 aromatic heterocycles. The Hall–Kier alpha value is -1.47. The fraction of sp³-hybridized carbons (Fsp3) is 0.467. The minimum Gasteiger partial charge on any atom is -0.481 e. The molecule has 0 radical (unpaired) electrons. The molecule has 0 spiro atoms. The molecule has 1 saturated heterocycles. The summed E-state index contributed by atoms with van der Waals surface area (Å²) in [6, 6.07) is 4.13. The van der Waals surface area contributed by atoms with E-state index in [1.165, 1.54) is 30.2 Å². The Balaban J connectivity index is 2.26. The van der Waals surface area contributed by atoms with Crippen molar-refractivity contribution in [2.24, 2.45) is 5.41 Å². The molecule has 2 rings (SSSR count). The zero-order chi connectivity index (χ0) is 16.3. The molecule has 1 fully saturated rings. The van der Waals surface area contributed by atoms with Crippen LogP contribution in [0.25, 0.3) is 0 Å². The highest BCUT2D eigenvalue weighted by Gasteiger charge is 2.44. The molecule has 1 heterocycles. The van der Waals surface area contributed by atoms with Gasteiger partial charge in [0.25, 0.3) is 5.91 Å². The maximum atomic E-state index is 13.9. The molecule has 0 saturated carbocycles. The quantitative estimate of drug-likeness (QED) is 0.880. The number of nitrogens with zero attached hydrogens (tertiary/aromatic N) is 1. The number of aliphatic carboxylic acids is 1. The van der Waals surface area contributed by atoms with Crippen LogP contribution < -0.4 is 0 Å². The number of halogens is 2. The SMILES string of the molecule is COCC1(C(=O)O)CCCN(C(=O)c2cc(Br)ccc2F)C1. The zero-order valence-corrected chi connectivity index (χ0v) is 13.7. The Morgan fingerprint density at radius 2 is 2.23 bits per heavy atom. The summed E-state index contributed by atoms with van der Waals surface area (Å²) in [5, 5.41) is 9.49. The smallest absolute Gasteiger partial charge is 0.313 e. The van der Waals surface area contributed by atoms with E-state index in [2.05, 4.69) is 15.9 Å². The van der Waals surface area contributed by atoms with Crippen molar-refractivity contribution in [2.75, 3.05) is 26.8 Å². The van der Waals surface area contributed by atoms with Crippen LogP contribution in [0.1, 0.15) is 23.2 Å². The van der Waals surface area contributed by atoms with Crippen LogP contribution >= 0.6 is 15.9 Å². The predicted molar refractivity (Wildman–Crippen MR) is 81.2 cm³/mol.